The predicted molar refractivity (Wildman–Crippen MR) is 83.0 cm³/mol. The van der Waals surface area contributed by atoms with Crippen LogP contribution in [-0.2, 0) is 6.42 Å². The molecule has 0 fully saturated rings. The van der Waals surface area contributed by atoms with Gasteiger partial charge in [-0.15, -0.1) is 0 Å². The number of hydrogen-bond acceptors (Lipinski definition) is 5. The van der Waals surface area contributed by atoms with Gasteiger partial charge in [-0.25, -0.2) is 4.79 Å². The Morgan fingerprint density at radius 2 is 2.10 bits per heavy atom. The molecule has 1 aromatic heterocycles. The highest BCUT2D eigenvalue weighted by Crippen LogP contribution is 2.18. The fourth-order valence-corrected chi connectivity index (χ4v) is 2.07. The summed E-state index contributed by atoms with van der Waals surface area (Å²) >= 11 is 0. The first-order valence-corrected chi connectivity index (χ1v) is 6.75. The van der Waals surface area contributed by atoms with Crippen molar-refractivity contribution >= 4 is 11.4 Å². The molecule has 0 unspecified atom stereocenters. The van der Waals surface area contributed by atoms with Gasteiger partial charge in [0, 0.05) is 6.07 Å². The molecular formula is C16H18N2O3. The first-order chi connectivity index (χ1) is 10.0. The van der Waals surface area contributed by atoms with Crippen molar-refractivity contribution in [3.05, 3.63) is 57.6 Å². The van der Waals surface area contributed by atoms with Crippen molar-refractivity contribution in [2.45, 2.75) is 27.2 Å². The van der Waals surface area contributed by atoms with Crippen LogP contribution in [0.4, 0.5) is 5.69 Å². The normalized spacial score (nSPS) is 11.5. The minimum absolute atomic E-state index is 0.0714. The van der Waals surface area contributed by atoms with Crippen molar-refractivity contribution in [2.24, 2.45) is 5.10 Å². The second-order valence-corrected chi connectivity index (χ2v) is 4.72. The van der Waals surface area contributed by atoms with Gasteiger partial charge in [0.1, 0.15) is 17.1 Å². The van der Waals surface area contributed by atoms with Gasteiger partial charge in [0.05, 0.1) is 11.4 Å². The number of benzene rings is 1. The Bertz CT molecular complexity index is 733. The van der Waals surface area contributed by atoms with Crippen LogP contribution in [0.25, 0.3) is 0 Å². The summed E-state index contributed by atoms with van der Waals surface area (Å²) in [5.74, 6) is 0.230. The van der Waals surface area contributed by atoms with Gasteiger partial charge in [0.2, 0.25) is 0 Å². The number of aryl methyl sites for hydroxylation is 2. The van der Waals surface area contributed by atoms with Crippen LogP contribution >= 0.6 is 0 Å². The Kier molecular flexibility index (Phi) is 4.42. The third-order valence-electron chi connectivity index (χ3n) is 3.16. The topological polar surface area (TPSA) is 74.8 Å². The Hall–Kier alpha value is -2.56. The van der Waals surface area contributed by atoms with Crippen molar-refractivity contribution in [1.29, 1.82) is 0 Å². The van der Waals surface area contributed by atoms with Gasteiger partial charge in [-0.2, -0.15) is 5.10 Å². The predicted octanol–water partition coefficient (Wildman–Crippen LogP) is 3.05. The number of rotatable bonds is 4. The van der Waals surface area contributed by atoms with E-state index >= 15 is 0 Å². The fourth-order valence-electron chi connectivity index (χ4n) is 2.07. The summed E-state index contributed by atoms with van der Waals surface area (Å²) in [4.78, 5) is 11.8. The highest BCUT2D eigenvalue weighted by Gasteiger charge is 2.13. The molecule has 0 saturated heterocycles. The highest BCUT2D eigenvalue weighted by atomic mass is 16.4. The summed E-state index contributed by atoms with van der Waals surface area (Å²) in [6.45, 7) is 5.30. The lowest BCUT2D eigenvalue weighted by molar-refractivity contribution is 0.432. The molecule has 0 radical (unpaired) electrons. The van der Waals surface area contributed by atoms with Gasteiger partial charge in [-0.3, -0.25) is 5.43 Å². The van der Waals surface area contributed by atoms with E-state index in [2.05, 4.69) is 17.5 Å². The molecule has 1 aromatic carbocycles. The number of nitrogens with one attached hydrogen (secondary N) is 1. The lowest BCUT2D eigenvalue weighted by Gasteiger charge is -2.08. The quantitative estimate of drug-likeness (QED) is 0.669. The molecule has 110 valence electrons. The monoisotopic (exact) mass is 286 g/mol. The summed E-state index contributed by atoms with van der Waals surface area (Å²) in [6, 6.07) is 9.18. The minimum Gasteiger partial charge on any atom is -0.507 e. The lowest BCUT2D eigenvalue weighted by Crippen LogP contribution is -2.14. The number of hydrazone groups is 1. The largest absolute Gasteiger partial charge is 0.507 e. The molecule has 0 aliphatic rings. The smallest absolute Gasteiger partial charge is 0.348 e. The highest BCUT2D eigenvalue weighted by molar-refractivity contribution is 6.00. The maximum absolute atomic E-state index is 11.8. The number of aromatic hydroxyl groups is 1. The number of nitrogens with zero attached hydrogens (tertiary/aromatic N) is 1. The van der Waals surface area contributed by atoms with Crippen LogP contribution in [-0.4, -0.2) is 10.8 Å². The molecule has 0 spiro atoms. The van der Waals surface area contributed by atoms with Gasteiger partial charge in [0.25, 0.3) is 0 Å². The number of hydrogen-bond donors (Lipinski definition) is 2. The molecule has 21 heavy (non-hydrogen) atoms. The maximum atomic E-state index is 11.8. The maximum Gasteiger partial charge on any atom is 0.348 e. The summed E-state index contributed by atoms with van der Waals surface area (Å²) in [6.07, 6.45) is 0.871. The zero-order chi connectivity index (χ0) is 15.4. The zero-order valence-corrected chi connectivity index (χ0v) is 12.3. The number of anilines is 1. The molecule has 0 bridgehead atoms. The Morgan fingerprint density at radius 1 is 1.38 bits per heavy atom. The lowest BCUT2D eigenvalue weighted by atomic mass is 10.1. The summed E-state index contributed by atoms with van der Waals surface area (Å²) < 4.78 is 4.98. The van der Waals surface area contributed by atoms with Crippen molar-refractivity contribution in [2.75, 3.05) is 5.43 Å². The van der Waals surface area contributed by atoms with Gasteiger partial charge >= 0.3 is 5.63 Å². The Balaban J connectivity index is 2.32. The molecule has 2 N–H and O–H groups in total. The van der Waals surface area contributed by atoms with Crippen LogP contribution < -0.4 is 11.1 Å². The average molecular weight is 286 g/mol. The molecule has 0 aliphatic carbocycles. The van der Waals surface area contributed by atoms with Crippen molar-refractivity contribution in [3.63, 3.8) is 0 Å². The molecule has 0 amide bonds. The molecule has 5 heteroatoms. The van der Waals surface area contributed by atoms with E-state index in [0.29, 0.717) is 11.5 Å². The Morgan fingerprint density at radius 3 is 2.76 bits per heavy atom. The van der Waals surface area contributed by atoms with Gasteiger partial charge in [-0.1, -0.05) is 25.1 Å². The van der Waals surface area contributed by atoms with Crippen LogP contribution in [0.2, 0.25) is 0 Å². The van der Waals surface area contributed by atoms with E-state index in [4.69, 9.17) is 4.42 Å². The SMILES string of the molecule is CCc1ccccc1N/N=C(/C)c1c(O)cc(C)oc1=O. The average Bonchev–Trinajstić information content (AvgIpc) is 2.44. The molecule has 0 aliphatic heterocycles. The van der Waals surface area contributed by atoms with Crippen molar-refractivity contribution < 1.29 is 9.52 Å². The van der Waals surface area contributed by atoms with Gasteiger partial charge in [0.15, 0.2) is 0 Å². The summed E-state index contributed by atoms with van der Waals surface area (Å²) in [7, 11) is 0. The van der Waals surface area contributed by atoms with E-state index in [1.165, 1.54) is 6.07 Å². The molecule has 2 aromatic rings. The summed E-state index contributed by atoms with van der Waals surface area (Å²) in [5, 5.41) is 14.0. The second-order valence-electron chi connectivity index (χ2n) is 4.72. The van der Waals surface area contributed by atoms with Gasteiger partial charge < -0.3 is 9.52 Å². The van der Waals surface area contributed by atoms with Crippen molar-refractivity contribution in [1.82, 2.24) is 0 Å². The van der Waals surface area contributed by atoms with Crippen LogP contribution in [0.15, 0.2) is 44.6 Å². The van der Waals surface area contributed by atoms with E-state index in [-0.39, 0.29) is 11.3 Å². The van der Waals surface area contributed by atoms with E-state index in [0.717, 1.165) is 17.7 Å². The molecule has 0 saturated carbocycles. The van der Waals surface area contributed by atoms with Crippen LogP contribution in [0.1, 0.15) is 30.7 Å². The minimum atomic E-state index is -0.598. The first kappa shape index (κ1) is 14.8. The fraction of sp³-hybridized carbons (Fsp3) is 0.250. The van der Waals surface area contributed by atoms with Crippen molar-refractivity contribution in [3.8, 4) is 5.75 Å². The van der Waals surface area contributed by atoms with E-state index < -0.39 is 5.63 Å². The molecule has 0 atom stereocenters. The third-order valence-corrected chi connectivity index (χ3v) is 3.16. The van der Waals surface area contributed by atoms with E-state index in [9.17, 15) is 9.90 Å². The van der Waals surface area contributed by atoms with E-state index in [1.807, 2.05) is 24.3 Å². The standard InChI is InChI=1S/C16H18N2O3/c1-4-12-7-5-6-8-13(12)18-17-11(3)15-14(19)9-10(2)21-16(15)20/h5-9,18-19H,4H2,1-3H3/b17-11-. The molecule has 2 rings (SSSR count). The third kappa shape index (κ3) is 3.31. The first-order valence-electron chi connectivity index (χ1n) is 6.75. The van der Waals surface area contributed by atoms with Crippen LogP contribution in [0, 0.1) is 6.92 Å². The number of para-hydroxylation sites is 1. The Labute approximate surface area is 122 Å². The zero-order valence-electron chi connectivity index (χ0n) is 12.3. The second kappa shape index (κ2) is 6.26. The van der Waals surface area contributed by atoms with E-state index in [1.54, 1.807) is 13.8 Å². The molecule has 5 nitrogen and oxygen atoms in total. The van der Waals surface area contributed by atoms with Gasteiger partial charge in [-0.05, 0) is 31.9 Å². The van der Waals surface area contributed by atoms with Crippen LogP contribution in [0.5, 0.6) is 5.75 Å². The molecular weight excluding hydrogens is 268 g/mol. The van der Waals surface area contributed by atoms with Crippen LogP contribution in [0.3, 0.4) is 0 Å². The molecule has 1 heterocycles. The summed E-state index contributed by atoms with van der Waals surface area (Å²) in [5.41, 5.74) is 4.76.